The molecule has 1 fully saturated rings. The molecule has 0 aromatic heterocycles. The first-order chi connectivity index (χ1) is 28.0. The van der Waals surface area contributed by atoms with Gasteiger partial charge in [-0.1, -0.05) is 152 Å². The van der Waals surface area contributed by atoms with Crippen LogP contribution >= 0.6 is 0 Å². The summed E-state index contributed by atoms with van der Waals surface area (Å²) in [5, 5.41) is 12.6. The fourth-order valence-corrected chi connectivity index (χ4v) is 6.85. The first-order valence-electron chi connectivity index (χ1n) is 19.4. The molecule has 0 radical (unpaired) electrons. The summed E-state index contributed by atoms with van der Waals surface area (Å²) in [5.74, 6) is -1.05. The Balaban J connectivity index is 1.27. The molecule has 298 valence electrons. The van der Waals surface area contributed by atoms with Crippen molar-refractivity contribution in [2.45, 2.75) is 88.9 Å². The number of aliphatic carboxylic acids is 1. The lowest BCUT2D eigenvalue weighted by Crippen LogP contribution is -2.61. The third kappa shape index (κ3) is 13.7. The third-order valence-electron chi connectivity index (χ3n) is 9.73. The van der Waals surface area contributed by atoms with Gasteiger partial charge in [-0.2, -0.15) is 0 Å². The van der Waals surface area contributed by atoms with E-state index in [1.807, 2.05) is 152 Å². The van der Waals surface area contributed by atoms with Crippen molar-refractivity contribution in [2.75, 3.05) is 6.61 Å². The number of amides is 1. The molecule has 1 aliphatic heterocycles. The number of hydrogen-bond acceptors (Lipinski definition) is 8. The van der Waals surface area contributed by atoms with Crippen LogP contribution in [0.5, 0.6) is 0 Å². The van der Waals surface area contributed by atoms with Gasteiger partial charge in [-0.05, 0) is 40.7 Å². The number of carbonyl (C=O) groups excluding carboxylic acids is 1. The maximum atomic E-state index is 12.9. The first-order valence-corrected chi connectivity index (χ1v) is 19.4. The Labute approximate surface area is 334 Å². The van der Waals surface area contributed by atoms with E-state index in [0.717, 1.165) is 27.8 Å². The van der Waals surface area contributed by atoms with Crippen LogP contribution in [-0.2, 0) is 66.3 Å². The molecular weight excluding hydrogens is 723 g/mol. The van der Waals surface area contributed by atoms with E-state index in [0.29, 0.717) is 26.2 Å². The lowest BCUT2D eigenvalue weighted by Gasteiger charge is -2.46. The van der Waals surface area contributed by atoms with Gasteiger partial charge in [0.25, 0.3) is 0 Å². The summed E-state index contributed by atoms with van der Waals surface area (Å²) in [6.07, 6.45) is -3.44. The molecule has 10 heteroatoms. The molecule has 1 amide bonds. The lowest BCUT2D eigenvalue weighted by atomic mass is 9.90. The van der Waals surface area contributed by atoms with Crippen LogP contribution in [0.2, 0.25) is 0 Å². The molecule has 5 aromatic rings. The number of hydrogen-bond donors (Lipinski definition) is 2. The van der Waals surface area contributed by atoms with Crippen LogP contribution in [0.4, 0.5) is 4.79 Å². The van der Waals surface area contributed by atoms with Crippen LogP contribution in [0.1, 0.15) is 47.1 Å². The number of nitrogens with one attached hydrogen (secondary N) is 1. The van der Waals surface area contributed by atoms with Crippen molar-refractivity contribution >= 4 is 12.1 Å². The highest BCUT2D eigenvalue weighted by Crippen LogP contribution is 2.33. The zero-order valence-electron chi connectivity index (χ0n) is 32.0. The largest absolute Gasteiger partial charge is 0.481 e. The molecule has 0 spiro atoms. The van der Waals surface area contributed by atoms with Gasteiger partial charge in [0, 0.05) is 6.04 Å². The maximum Gasteiger partial charge on any atom is 0.407 e. The van der Waals surface area contributed by atoms with Gasteiger partial charge in [0.2, 0.25) is 0 Å². The first kappa shape index (κ1) is 41.3. The van der Waals surface area contributed by atoms with Crippen molar-refractivity contribution in [1.29, 1.82) is 0 Å². The number of carboxylic acids is 1. The molecular formula is C47H51NO9. The van der Waals surface area contributed by atoms with Gasteiger partial charge in [-0.25, -0.2) is 4.79 Å². The van der Waals surface area contributed by atoms with E-state index in [-0.39, 0.29) is 32.7 Å². The summed E-state index contributed by atoms with van der Waals surface area (Å²) in [6, 6.07) is 48.2. The monoisotopic (exact) mass is 773 g/mol. The molecule has 1 heterocycles. The topological polar surface area (TPSA) is 122 Å². The highest BCUT2D eigenvalue weighted by molar-refractivity contribution is 5.71. The van der Waals surface area contributed by atoms with Gasteiger partial charge in [0.15, 0.2) is 0 Å². The average molecular weight is 774 g/mol. The smallest absolute Gasteiger partial charge is 0.407 e. The maximum absolute atomic E-state index is 12.9. The molecule has 0 saturated carbocycles. The third-order valence-corrected chi connectivity index (χ3v) is 9.73. The summed E-state index contributed by atoms with van der Waals surface area (Å²) >= 11 is 0. The van der Waals surface area contributed by atoms with E-state index < -0.39 is 48.6 Å². The van der Waals surface area contributed by atoms with Crippen LogP contribution in [0.3, 0.4) is 0 Å². The molecule has 1 saturated heterocycles. The minimum atomic E-state index is -1.05. The SMILES string of the molecule is O=C(O)C[C@H](CC[C@H]1OC(COCc2ccccc2)[C@@H](OCc2ccccc2)C(OCc2ccccc2)C1OCc1ccccc1)NC(=O)OCc1ccccc1. The Kier molecular flexibility index (Phi) is 16.2. The van der Waals surface area contributed by atoms with Crippen molar-refractivity contribution in [3.8, 4) is 0 Å². The quantitative estimate of drug-likeness (QED) is 0.0759. The van der Waals surface area contributed by atoms with Crippen LogP contribution in [0, 0.1) is 0 Å². The zero-order chi connectivity index (χ0) is 39.5. The van der Waals surface area contributed by atoms with Crippen molar-refractivity contribution in [3.05, 3.63) is 179 Å². The summed E-state index contributed by atoms with van der Waals surface area (Å²) in [6.45, 7) is 1.51. The number of rotatable bonds is 21. The summed E-state index contributed by atoms with van der Waals surface area (Å²) in [4.78, 5) is 25.0. The number of alkyl carbamates (subject to hydrolysis) is 1. The molecule has 6 atom stereocenters. The molecule has 5 aromatic carbocycles. The van der Waals surface area contributed by atoms with Crippen LogP contribution in [-0.4, -0.2) is 60.3 Å². The van der Waals surface area contributed by atoms with Crippen molar-refractivity contribution in [3.63, 3.8) is 0 Å². The minimum Gasteiger partial charge on any atom is -0.481 e. The highest BCUT2D eigenvalue weighted by Gasteiger charge is 2.48. The van der Waals surface area contributed by atoms with E-state index in [1.165, 1.54) is 0 Å². The van der Waals surface area contributed by atoms with E-state index in [4.69, 9.17) is 28.4 Å². The van der Waals surface area contributed by atoms with Gasteiger partial charge < -0.3 is 38.8 Å². The number of ether oxygens (including phenoxy) is 6. The van der Waals surface area contributed by atoms with Gasteiger partial charge in [-0.3, -0.25) is 4.79 Å². The highest BCUT2D eigenvalue weighted by atomic mass is 16.6. The molecule has 3 unspecified atom stereocenters. The van der Waals surface area contributed by atoms with Gasteiger partial charge in [0.1, 0.15) is 31.0 Å². The summed E-state index contributed by atoms with van der Waals surface area (Å²) in [7, 11) is 0. The summed E-state index contributed by atoms with van der Waals surface area (Å²) in [5.41, 5.74) is 4.80. The Morgan fingerprint density at radius 2 is 0.947 bits per heavy atom. The predicted octanol–water partition coefficient (Wildman–Crippen LogP) is 8.28. The Bertz CT molecular complexity index is 1880. The zero-order valence-corrected chi connectivity index (χ0v) is 32.0. The van der Waals surface area contributed by atoms with Crippen LogP contribution in [0.25, 0.3) is 0 Å². The lowest BCUT2D eigenvalue weighted by molar-refractivity contribution is -0.273. The molecule has 10 nitrogen and oxygen atoms in total. The molecule has 57 heavy (non-hydrogen) atoms. The molecule has 0 bridgehead atoms. The second kappa shape index (κ2) is 22.4. The normalized spacial score (nSPS) is 19.7. The van der Waals surface area contributed by atoms with Crippen molar-refractivity contribution in [1.82, 2.24) is 5.32 Å². The Morgan fingerprint density at radius 1 is 0.544 bits per heavy atom. The molecule has 2 N–H and O–H groups in total. The van der Waals surface area contributed by atoms with Crippen LogP contribution in [0.15, 0.2) is 152 Å². The van der Waals surface area contributed by atoms with Gasteiger partial charge in [-0.15, -0.1) is 0 Å². The van der Waals surface area contributed by atoms with Crippen molar-refractivity contribution in [2.24, 2.45) is 0 Å². The minimum absolute atomic E-state index is 0.0586. The Morgan fingerprint density at radius 3 is 1.40 bits per heavy atom. The van der Waals surface area contributed by atoms with Gasteiger partial charge in [0.05, 0.1) is 45.6 Å². The second-order valence-electron chi connectivity index (χ2n) is 14.1. The predicted molar refractivity (Wildman–Crippen MR) is 215 cm³/mol. The molecule has 0 aliphatic carbocycles. The van der Waals surface area contributed by atoms with Gasteiger partial charge >= 0.3 is 12.1 Å². The second-order valence-corrected chi connectivity index (χ2v) is 14.1. The Hall–Kier alpha value is -5.36. The average Bonchev–Trinajstić information content (AvgIpc) is 3.24. The number of carboxylic acid groups (broad SMARTS) is 1. The molecule has 1 aliphatic rings. The summed E-state index contributed by atoms with van der Waals surface area (Å²) < 4.78 is 39.0. The fourth-order valence-electron chi connectivity index (χ4n) is 6.85. The van der Waals surface area contributed by atoms with E-state index in [9.17, 15) is 14.7 Å². The van der Waals surface area contributed by atoms with E-state index in [1.54, 1.807) is 0 Å². The number of carbonyl (C=O) groups is 2. The standard InChI is InChI=1S/C47H51NO9/c49-43(50)28-40(48-47(51)56-33-39-24-14-5-15-25-39)26-27-41-44(53-30-36-18-8-2-9-19-36)46(55-32-38-22-12-4-13-23-38)45(54-31-37-20-10-3-11-21-37)42(57-41)34-52-29-35-16-6-1-7-17-35/h1-25,40-42,44-46H,26-34H2,(H,48,51)(H,49,50)/t40-,41+,42?,44?,45+,46?/m0/s1. The van der Waals surface area contributed by atoms with Crippen molar-refractivity contribution < 1.29 is 43.1 Å². The molecule has 6 rings (SSSR count). The van der Waals surface area contributed by atoms with E-state index in [2.05, 4.69) is 5.32 Å². The fraction of sp³-hybridized carbons (Fsp3) is 0.319. The van der Waals surface area contributed by atoms with Crippen LogP contribution < -0.4 is 5.32 Å². The van der Waals surface area contributed by atoms with E-state index >= 15 is 0 Å². The number of benzene rings is 5.